The van der Waals surface area contributed by atoms with Gasteiger partial charge in [-0.15, -0.1) is 0 Å². The molecule has 0 aliphatic carbocycles. The van der Waals surface area contributed by atoms with Gasteiger partial charge in [-0.2, -0.15) is 0 Å². The number of thiocarbonyl (C=S) groups is 1. The van der Waals surface area contributed by atoms with Crippen LogP contribution in [0.15, 0.2) is 29.2 Å². The lowest BCUT2D eigenvalue weighted by Crippen LogP contribution is -2.35. The number of nitrogens with zero attached hydrogens (tertiary/aromatic N) is 2. The molecule has 2 fully saturated rings. The maximum atomic E-state index is 12.7. The molecule has 0 spiro atoms. The van der Waals surface area contributed by atoms with E-state index in [0.717, 1.165) is 50.8 Å². The molecule has 31 heavy (non-hydrogen) atoms. The van der Waals surface area contributed by atoms with Gasteiger partial charge >= 0.3 is 5.97 Å². The molecule has 0 N–H and O–H groups in total. The minimum atomic E-state index is -0.393. The molecular weight excluding hydrogens is 432 g/mol. The summed E-state index contributed by atoms with van der Waals surface area (Å²) in [5, 5.41) is 0. The number of hydrogen-bond donors (Lipinski definition) is 0. The third-order valence-electron chi connectivity index (χ3n) is 5.48. The average molecular weight is 461 g/mol. The highest BCUT2D eigenvalue weighted by Crippen LogP contribution is 2.32. The molecule has 2 aliphatic rings. The molecule has 0 radical (unpaired) electrons. The minimum Gasteiger partial charge on any atom is -0.465 e. The number of likely N-dealkylation sites (tertiary alicyclic amines) is 1. The van der Waals surface area contributed by atoms with Crippen LogP contribution in [0.1, 0.15) is 60.9 Å². The third-order valence-corrected chi connectivity index (χ3v) is 6.86. The highest BCUT2D eigenvalue weighted by Gasteiger charge is 2.31. The van der Waals surface area contributed by atoms with Gasteiger partial charge in [0.1, 0.15) is 4.32 Å². The van der Waals surface area contributed by atoms with Crippen molar-refractivity contribution in [1.29, 1.82) is 0 Å². The first kappa shape index (κ1) is 23.5. The summed E-state index contributed by atoms with van der Waals surface area (Å²) in [6, 6.07) is 6.89. The van der Waals surface area contributed by atoms with Crippen LogP contribution in [-0.2, 0) is 14.3 Å². The van der Waals surface area contributed by atoms with Gasteiger partial charge in [-0.1, -0.05) is 42.5 Å². The molecule has 3 rings (SSSR count). The van der Waals surface area contributed by atoms with Crippen molar-refractivity contribution in [2.75, 3.05) is 26.7 Å². The van der Waals surface area contributed by atoms with Crippen LogP contribution in [0.3, 0.4) is 0 Å². The number of unbranched alkanes of at least 4 members (excludes halogenated alkanes) is 2. The first-order valence-electron chi connectivity index (χ1n) is 10.7. The van der Waals surface area contributed by atoms with E-state index in [4.69, 9.17) is 17.0 Å². The van der Waals surface area contributed by atoms with Gasteiger partial charge in [0.25, 0.3) is 5.91 Å². The molecule has 1 aromatic rings. The quantitative estimate of drug-likeness (QED) is 0.250. The fraction of sp³-hybridized carbons (Fsp3) is 0.478. The lowest BCUT2D eigenvalue weighted by Gasteiger charge is -2.26. The summed E-state index contributed by atoms with van der Waals surface area (Å²) in [6.45, 7) is 2.36. The van der Waals surface area contributed by atoms with Crippen molar-refractivity contribution in [2.24, 2.45) is 0 Å². The predicted octanol–water partition coefficient (Wildman–Crippen LogP) is 4.25. The van der Waals surface area contributed by atoms with Gasteiger partial charge in [0.2, 0.25) is 5.91 Å². The standard InChI is InChI=1S/C23H28N2O4S2/c1-29-22(28)18-11-9-17(10-12-18)16-19-21(27)25(23(30)31-19)15-7-2-4-8-20(26)24-13-5-3-6-14-24/h9-12,16H,2-8,13-15H2,1H3. The molecule has 2 saturated heterocycles. The zero-order valence-electron chi connectivity index (χ0n) is 17.8. The van der Waals surface area contributed by atoms with Crippen molar-refractivity contribution in [1.82, 2.24) is 9.80 Å². The summed E-state index contributed by atoms with van der Waals surface area (Å²) >= 11 is 6.69. The Hall–Kier alpha value is -2.19. The molecule has 1 aromatic carbocycles. The number of piperidine rings is 1. The number of hydrogen-bond acceptors (Lipinski definition) is 6. The number of methoxy groups -OCH3 is 1. The molecule has 6 nitrogen and oxygen atoms in total. The van der Waals surface area contributed by atoms with Gasteiger partial charge in [-0.25, -0.2) is 4.79 Å². The van der Waals surface area contributed by atoms with Crippen LogP contribution in [-0.4, -0.2) is 58.6 Å². The second-order valence-corrected chi connectivity index (χ2v) is 9.37. The molecule has 2 aliphatic heterocycles. The average Bonchev–Trinajstić information content (AvgIpc) is 3.06. The highest BCUT2D eigenvalue weighted by atomic mass is 32.2. The fourth-order valence-corrected chi connectivity index (χ4v) is 5.01. The number of carbonyl (C=O) groups excluding carboxylic acids is 3. The van der Waals surface area contributed by atoms with E-state index in [1.807, 2.05) is 4.90 Å². The molecule has 0 unspecified atom stereocenters. The van der Waals surface area contributed by atoms with Gasteiger partial charge in [0.05, 0.1) is 17.6 Å². The first-order chi connectivity index (χ1) is 15.0. The molecule has 0 aromatic heterocycles. The molecule has 0 bridgehead atoms. The molecule has 166 valence electrons. The Labute approximate surface area is 193 Å². The van der Waals surface area contributed by atoms with Gasteiger partial charge in [0.15, 0.2) is 0 Å². The Kier molecular flexibility index (Phi) is 8.66. The number of esters is 1. The van der Waals surface area contributed by atoms with Crippen LogP contribution in [0.5, 0.6) is 0 Å². The lowest BCUT2D eigenvalue weighted by molar-refractivity contribution is -0.132. The molecule has 2 amide bonds. The zero-order valence-corrected chi connectivity index (χ0v) is 19.4. The van der Waals surface area contributed by atoms with E-state index in [9.17, 15) is 14.4 Å². The second kappa shape index (κ2) is 11.4. The van der Waals surface area contributed by atoms with Crippen molar-refractivity contribution in [3.8, 4) is 0 Å². The van der Waals surface area contributed by atoms with E-state index < -0.39 is 5.97 Å². The summed E-state index contributed by atoms with van der Waals surface area (Å²) in [5.41, 5.74) is 1.29. The highest BCUT2D eigenvalue weighted by molar-refractivity contribution is 8.26. The Bertz CT molecular complexity index is 861. The number of ether oxygens (including phenoxy) is 1. The lowest BCUT2D eigenvalue weighted by atomic mass is 10.1. The largest absolute Gasteiger partial charge is 0.465 e. The van der Waals surface area contributed by atoms with Crippen LogP contribution >= 0.6 is 24.0 Å². The first-order valence-corrected chi connectivity index (χ1v) is 11.9. The maximum Gasteiger partial charge on any atom is 0.337 e. The van der Waals surface area contributed by atoms with Crippen LogP contribution < -0.4 is 0 Å². The molecule has 2 heterocycles. The Balaban J connectivity index is 1.45. The Morgan fingerprint density at radius 2 is 1.81 bits per heavy atom. The maximum absolute atomic E-state index is 12.7. The Morgan fingerprint density at radius 1 is 1.10 bits per heavy atom. The van der Waals surface area contributed by atoms with Crippen molar-refractivity contribution in [3.63, 3.8) is 0 Å². The van der Waals surface area contributed by atoms with Crippen LogP contribution in [0.25, 0.3) is 6.08 Å². The van der Waals surface area contributed by atoms with Crippen LogP contribution in [0.2, 0.25) is 0 Å². The monoisotopic (exact) mass is 460 g/mol. The number of carbonyl (C=O) groups is 3. The predicted molar refractivity (Wildman–Crippen MR) is 127 cm³/mol. The summed E-state index contributed by atoms with van der Waals surface area (Å²) in [5.74, 6) is -0.224. The Morgan fingerprint density at radius 3 is 2.48 bits per heavy atom. The third kappa shape index (κ3) is 6.40. The van der Waals surface area contributed by atoms with Crippen molar-refractivity contribution < 1.29 is 19.1 Å². The van der Waals surface area contributed by atoms with Gasteiger partial charge in [-0.05, 0) is 55.9 Å². The summed E-state index contributed by atoms with van der Waals surface area (Å²) in [7, 11) is 1.34. The van der Waals surface area contributed by atoms with E-state index in [0.29, 0.717) is 27.8 Å². The number of thioether (sulfide) groups is 1. The van der Waals surface area contributed by atoms with E-state index in [2.05, 4.69) is 0 Å². The zero-order chi connectivity index (χ0) is 22.2. The van der Waals surface area contributed by atoms with Crippen molar-refractivity contribution in [2.45, 2.75) is 44.9 Å². The van der Waals surface area contributed by atoms with Crippen molar-refractivity contribution in [3.05, 3.63) is 40.3 Å². The van der Waals surface area contributed by atoms with Crippen LogP contribution in [0.4, 0.5) is 0 Å². The molecule has 0 atom stereocenters. The number of benzene rings is 1. The van der Waals surface area contributed by atoms with Gasteiger partial charge in [0, 0.05) is 26.1 Å². The smallest absolute Gasteiger partial charge is 0.337 e. The van der Waals surface area contributed by atoms with Crippen molar-refractivity contribution >= 4 is 52.2 Å². The molecular formula is C23H28N2O4S2. The molecule has 0 saturated carbocycles. The minimum absolute atomic E-state index is 0.0866. The fourth-order valence-electron chi connectivity index (χ4n) is 3.70. The topological polar surface area (TPSA) is 66.9 Å². The van der Waals surface area contributed by atoms with E-state index in [1.54, 1.807) is 35.2 Å². The SMILES string of the molecule is COC(=O)c1ccc(C=C2SC(=S)N(CCCCCC(=O)N3CCCCC3)C2=O)cc1. The number of rotatable bonds is 8. The normalized spacial score (nSPS) is 18.0. The van der Waals surface area contributed by atoms with E-state index >= 15 is 0 Å². The summed E-state index contributed by atoms with van der Waals surface area (Å²) in [4.78, 5) is 40.7. The van der Waals surface area contributed by atoms with Gasteiger partial charge in [-0.3, -0.25) is 14.5 Å². The van der Waals surface area contributed by atoms with E-state index in [1.165, 1.54) is 25.3 Å². The number of amides is 2. The van der Waals surface area contributed by atoms with Crippen LogP contribution in [0, 0.1) is 0 Å². The van der Waals surface area contributed by atoms with Gasteiger partial charge < -0.3 is 9.64 Å². The summed E-state index contributed by atoms with van der Waals surface area (Å²) < 4.78 is 5.26. The molecule has 8 heteroatoms. The van der Waals surface area contributed by atoms with E-state index in [-0.39, 0.29) is 11.8 Å². The summed E-state index contributed by atoms with van der Waals surface area (Å²) in [6.07, 6.45) is 8.38. The second-order valence-electron chi connectivity index (χ2n) is 7.70.